The minimum Gasteiger partial charge on any atom is -0.320 e. The van der Waals surface area contributed by atoms with E-state index in [0.717, 1.165) is 5.56 Å². The highest BCUT2D eigenvalue weighted by Gasteiger charge is 2.10. The second-order valence-electron chi connectivity index (χ2n) is 3.88. The number of carbonyl (C=O) groups excluding carboxylic acids is 1. The van der Waals surface area contributed by atoms with Crippen molar-refractivity contribution in [2.45, 2.75) is 0 Å². The summed E-state index contributed by atoms with van der Waals surface area (Å²) in [6.45, 7) is 0. The molecule has 0 bridgehead atoms. The van der Waals surface area contributed by atoms with E-state index in [2.05, 4.69) is 10.3 Å². The molecule has 98 valence electrons. The van der Waals surface area contributed by atoms with Crippen molar-refractivity contribution in [3.05, 3.63) is 65.0 Å². The zero-order valence-electron chi connectivity index (χ0n) is 10.4. The summed E-state index contributed by atoms with van der Waals surface area (Å²) in [4.78, 5) is 15.9. The normalized spacial score (nSPS) is 10.7. The minimum atomic E-state index is -0.502. The molecule has 1 aromatic heterocycles. The highest BCUT2D eigenvalue weighted by atomic mass is 35.5. The van der Waals surface area contributed by atoms with Gasteiger partial charge in [-0.25, -0.2) is 0 Å². The first-order valence-electron chi connectivity index (χ1n) is 5.78. The number of amides is 1. The van der Waals surface area contributed by atoms with Gasteiger partial charge in [0.05, 0.1) is 10.7 Å². The van der Waals surface area contributed by atoms with Crippen LogP contribution in [0.2, 0.25) is 5.02 Å². The first-order valence-corrected chi connectivity index (χ1v) is 6.16. The summed E-state index contributed by atoms with van der Waals surface area (Å²) in [6, 6.07) is 12.1. The fourth-order valence-electron chi connectivity index (χ4n) is 1.53. The van der Waals surface area contributed by atoms with E-state index < -0.39 is 5.91 Å². The Labute approximate surface area is 121 Å². The molecule has 0 saturated carbocycles. The van der Waals surface area contributed by atoms with E-state index in [9.17, 15) is 4.79 Å². The van der Waals surface area contributed by atoms with E-state index in [4.69, 9.17) is 16.9 Å². The monoisotopic (exact) mass is 283 g/mol. The molecule has 0 atom stereocenters. The Bertz CT molecular complexity index is 690. The van der Waals surface area contributed by atoms with E-state index in [1.807, 2.05) is 6.07 Å². The summed E-state index contributed by atoms with van der Waals surface area (Å²) in [5.74, 6) is -0.502. The third kappa shape index (κ3) is 3.44. The van der Waals surface area contributed by atoms with E-state index >= 15 is 0 Å². The van der Waals surface area contributed by atoms with Crippen molar-refractivity contribution in [1.82, 2.24) is 4.98 Å². The Morgan fingerprint density at radius 3 is 2.60 bits per heavy atom. The smallest absolute Gasteiger partial charge is 0.266 e. The van der Waals surface area contributed by atoms with Crippen molar-refractivity contribution >= 4 is 29.3 Å². The van der Waals surface area contributed by atoms with Crippen LogP contribution in [-0.2, 0) is 4.79 Å². The van der Waals surface area contributed by atoms with E-state index in [1.165, 1.54) is 6.08 Å². The van der Waals surface area contributed by atoms with Gasteiger partial charge in [-0.05, 0) is 35.9 Å². The second-order valence-corrected chi connectivity index (χ2v) is 4.29. The molecule has 5 heteroatoms. The number of rotatable bonds is 3. The van der Waals surface area contributed by atoms with Gasteiger partial charge in [0.2, 0.25) is 0 Å². The van der Waals surface area contributed by atoms with E-state index in [1.54, 1.807) is 48.8 Å². The lowest BCUT2D eigenvalue weighted by molar-refractivity contribution is -0.112. The highest BCUT2D eigenvalue weighted by molar-refractivity contribution is 6.34. The van der Waals surface area contributed by atoms with Gasteiger partial charge in [-0.3, -0.25) is 9.78 Å². The number of para-hydroxylation sites is 1. The number of nitriles is 1. The van der Waals surface area contributed by atoms with Crippen LogP contribution in [0.1, 0.15) is 5.56 Å². The third-order valence-corrected chi connectivity index (χ3v) is 2.83. The van der Waals surface area contributed by atoms with Crippen LogP contribution >= 0.6 is 11.6 Å². The third-order valence-electron chi connectivity index (χ3n) is 2.50. The molecule has 0 aliphatic rings. The first-order chi connectivity index (χ1) is 9.70. The van der Waals surface area contributed by atoms with Crippen molar-refractivity contribution in [1.29, 1.82) is 5.26 Å². The van der Waals surface area contributed by atoms with E-state index in [-0.39, 0.29) is 5.57 Å². The number of nitrogens with zero attached hydrogens (tertiary/aromatic N) is 2. The Kier molecular flexibility index (Phi) is 4.48. The van der Waals surface area contributed by atoms with Crippen LogP contribution in [-0.4, -0.2) is 10.9 Å². The lowest BCUT2D eigenvalue weighted by atomic mass is 10.1. The van der Waals surface area contributed by atoms with Gasteiger partial charge in [0.1, 0.15) is 11.6 Å². The van der Waals surface area contributed by atoms with Crippen molar-refractivity contribution in [3.63, 3.8) is 0 Å². The van der Waals surface area contributed by atoms with Crippen LogP contribution < -0.4 is 5.32 Å². The fourth-order valence-corrected chi connectivity index (χ4v) is 1.71. The molecule has 2 aromatic rings. The molecule has 0 radical (unpaired) electrons. The molecule has 0 aliphatic carbocycles. The van der Waals surface area contributed by atoms with Gasteiger partial charge in [-0.1, -0.05) is 23.7 Å². The van der Waals surface area contributed by atoms with Gasteiger partial charge < -0.3 is 5.32 Å². The number of hydrogen-bond acceptors (Lipinski definition) is 3. The number of nitrogens with one attached hydrogen (secondary N) is 1. The van der Waals surface area contributed by atoms with Crippen LogP contribution in [0.5, 0.6) is 0 Å². The Morgan fingerprint density at radius 2 is 1.95 bits per heavy atom. The van der Waals surface area contributed by atoms with Crippen molar-refractivity contribution in [3.8, 4) is 6.07 Å². The molecule has 2 rings (SSSR count). The lowest BCUT2D eigenvalue weighted by Gasteiger charge is -2.05. The summed E-state index contributed by atoms with van der Waals surface area (Å²) < 4.78 is 0. The maximum absolute atomic E-state index is 12.0. The zero-order valence-corrected chi connectivity index (χ0v) is 11.1. The Balaban J connectivity index is 2.21. The largest absolute Gasteiger partial charge is 0.320 e. The number of pyridine rings is 1. The van der Waals surface area contributed by atoms with Crippen LogP contribution in [0.3, 0.4) is 0 Å². The average molecular weight is 284 g/mol. The highest BCUT2D eigenvalue weighted by Crippen LogP contribution is 2.21. The summed E-state index contributed by atoms with van der Waals surface area (Å²) in [5.41, 5.74) is 1.19. The molecule has 1 heterocycles. The van der Waals surface area contributed by atoms with Crippen molar-refractivity contribution < 1.29 is 4.79 Å². The number of aromatic nitrogens is 1. The molecular weight excluding hydrogens is 274 g/mol. The summed E-state index contributed by atoms with van der Waals surface area (Å²) in [5, 5.41) is 12.1. The Morgan fingerprint density at radius 1 is 1.25 bits per heavy atom. The number of halogens is 1. The molecule has 4 nitrogen and oxygen atoms in total. The topological polar surface area (TPSA) is 65.8 Å². The SMILES string of the molecule is N#C/C(=C/c1ccncc1)C(=O)Nc1ccccc1Cl. The lowest BCUT2D eigenvalue weighted by Crippen LogP contribution is -2.13. The molecule has 0 fully saturated rings. The van der Waals surface area contributed by atoms with Gasteiger partial charge >= 0.3 is 0 Å². The molecule has 1 amide bonds. The maximum Gasteiger partial charge on any atom is 0.266 e. The summed E-state index contributed by atoms with van der Waals surface area (Å²) in [7, 11) is 0. The molecule has 0 aliphatic heterocycles. The van der Waals surface area contributed by atoms with Crippen LogP contribution in [0, 0.1) is 11.3 Å². The van der Waals surface area contributed by atoms with Gasteiger partial charge in [-0.2, -0.15) is 5.26 Å². The maximum atomic E-state index is 12.0. The first kappa shape index (κ1) is 13.8. The Hall–Kier alpha value is -2.64. The van der Waals surface area contributed by atoms with Crippen LogP contribution in [0.15, 0.2) is 54.4 Å². The molecule has 0 unspecified atom stereocenters. The molecule has 1 N–H and O–H groups in total. The average Bonchev–Trinajstić information content (AvgIpc) is 2.48. The molecule has 0 saturated heterocycles. The standard InChI is InChI=1S/C15H10ClN3O/c16-13-3-1-2-4-14(13)19-15(20)12(10-17)9-11-5-7-18-8-6-11/h1-9H,(H,19,20)/b12-9-. The molecule has 20 heavy (non-hydrogen) atoms. The summed E-state index contributed by atoms with van der Waals surface area (Å²) in [6.07, 6.45) is 4.67. The zero-order chi connectivity index (χ0) is 14.4. The quantitative estimate of drug-likeness (QED) is 0.694. The number of hydrogen-bond donors (Lipinski definition) is 1. The van der Waals surface area contributed by atoms with Crippen molar-refractivity contribution in [2.75, 3.05) is 5.32 Å². The van der Waals surface area contributed by atoms with Gasteiger partial charge in [0.15, 0.2) is 0 Å². The number of benzene rings is 1. The van der Waals surface area contributed by atoms with Crippen LogP contribution in [0.25, 0.3) is 6.08 Å². The summed E-state index contributed by atoms with van der Waals surface area (Å²) >= 11 is 5.95. The molecule has 1 aromatic carbocycles. The van der Waals surface area contributed by atoms with Gasteiger partial charge in [0.25, 0.3) is 5.91 Å². The number of anilines is 1. The number of carbonyl (C=O) groups is 1. The fraction of sp³-hybridized carbons (Fsp3) is 0. The molecule has 0 spiro atoms. The second kappa shape index (κ2) is 6.50. The van der Waals surface area contributed by atoms with Crippen molar-refractivity contribution in [2.24, 2.45) is 0 Å². The van der Waals surface area contributed by atoms with Gasteiger partial charge in [-0.15, -0.1) is 0 Å². The predicted octanol–water partition coefficient (Wildman–Crippen LogP) is 3.28. The van der Waals surface area contributed by atoms with E-state index in [0.29, 0.717) is 10.7 Å². The predicted molar refractivity (Wildman–Crippen MR) is 77.9 cm³/mol. The van der Waals surface area contributed by atoms with Crippen LogP contribution in [0.4, 0.5) is 5.69 Å². The molecular formula is C15H10ClN3O. The minimum absolute atomic E-state index is 0.00359. The van der Waals surface area contributed by atoms with Gasteiger partial charge in [0, 0.05) is 12.4 Å².